The van der Waals surface area contributed by atoms with Crippen molar-refractivity contribution in [3.8, 4) is 5.75 Å². The fourth-order valence-corrected chi connectivity index (χ4v) is 4.78. The maximum Gasteiger partial charge on any atom is 0.119 e. The van der Waals surface area contributed by atoms with Gasteiger partial charge in [0, 0.05) is 0 Å². The molecule has 1 saturated heterocycles. The van der Waals surface area contributed by atoms with E-state index >= 15 is 0 Å². The van der Waals surface area contributed by atoms with Crippen molar-refractivity contribution < 1.29 is 29.9 Å². The fourth-order valence-electron chi connectivity index (χ4n) is 4.78. The summed E-state index contributed by atoms with van der Waals surface area (Å²) < 4.78 is 11.4. The number of aryl methyl sites for hydroxylation is 1. The number of ether oxygens (including phenoxy) is 2. The molecule has 4 N–H and O–H groups in total. The van der Waals surface area contributed by atoms with E-state index in [2.05, 4.69) is 18.2 Å². The zero-order valence-electron chi connectivity index (χ0n) is 17.9. The minimum Gasteiger partial charge on any atom is -0.494 e. The molecule has 4 rings (SSSR count). The quantitative estimate of drug-likeness (QED) is 0.562. The average Bonchev–Trinajstić information content (AvgIpc) is 2.79. The molecule has 1 heterocycles. The molecule has 0 aromatic heterocycles. The summed E-state index contributed by atoms with van der Waals surface area (Å²) in [5.74, 6) is 0.850. The van der Waals surface area contributed by atoms with Crippen LogP contribution in [-0.2, 0) is 24.0 Å². The van der Waals surface area contributed by atoms with E-state index in [-0.39, 0.29) is 0 Å². The Labute approximate surface area is 183 Å². The Morgan fingerprint density at radius 1 is 0.968 bits per heavy atom. The first-order valence-electron chi connectivity index (χ1n) is 11.2. The van der Waals surface area contributed by atoms with Crippen LogP contribution in [-0.4, -0.2) is 58.1 Å². The minimum atomic E-state index is -1.37. The van der Waals surface area contributed by atoms with Crippen molar-refractivity contribution in [2.45, 2.75) is 69.5 Å². The maximum absolute atomic E-state index is 10.6. The Kier molecular flexibility index (Phi) is 6.94. The van der Waals surface area contributed by atoms with Gasteiger partial charge in [0.15, 0.2) is 0 Å². The minimum absolute atomic E-state index is 0.425. The first-order valence-corrected chi connectivity index (χ1v) is 11.2. The van der Waals surface area contributed by atoms with Crippen molar-refractivity contribution >= 4 is 0 Å². The van der Waals surface area contributed by atoms with Crippen LogP contribution in [0.2, 0.25) is 0 Å². The van der Waals surface area contributed by atoms with Gasteiger partial charge >= 0.3 is 0 Å². The Bertz CT molecular complexity index is 878. The molecule has 168 valence electrons. The zero-order chi connectivity index (χ0) is 22.0. The van der Waals surface area contributed by atoms with Crippen molar-refractivity contribution in [1.29, 1.82) is 0 Å². The smallest absolute Gasteiger partial charge is 0.119 e. The standard InChI is InChI=1S/C25H32O6/c1-2-30-19-9-7-15(8-10-19)11-17-13-18(12-16-5-3-4-6-20(16)17)25-24(29)23(28)22(27)21(14-26)31-25/h7-10,12-13,21-29H,2-6,11,14H2,1H3/t21-,22+,23+,24?,25+/m1/s1. The molecular weight excluding hydrogens is 396 g/mol. The molecule has 0 bridgehead atoms. The summed E-state index contributed by atoms with van der Waals surface area (Å²) in [5.41, 5.74) is 5.74. The van der Waals surface area contributed by atoms with Gasteiger partial charge in [-0.1, -0.05) is 24.3 Å². The van der Waals surface area contributed by atoms with E-state index in [1.54, 1.807) is 0 Å². The van der Waals surface area contributed by atoms with Gasteiger partial charge in [-0.15, -0.1) is 0 Å². The third-order valence-electron chi connectivity index (χ3n) is 6.43. The molecule has 1 fully saturated rings. The van der Waals surface area contributed by atoms with Gasteiger partial charge < -0.3 is 29.9 Å². The molecule has 1 aliphatic carbocycles. The summed E-state index contributed by atoms with van der Waals surface area (Å²) >= 11 is 0. The highest BCUT2D eigenvalue weighted by Gasteiger charge is 2.44. The first kappa shape index (κ1) is 22.2. The van der Waals surface area contributed by atoms with Crippen LogP contribution in [0.25, 0.3) is 0 Å². The van der Waals surface area contributed by atoms with Gasteiger partial charge in [-0.2, -0.15) is 0 Å². The monoisotopic (exact) mass is 428 g/mol. The van der Waals surface area contributed by atoms with Crippen LogP contribution in [0.15, 0.2) is 36.4 Å². The molecule has 0 spiro atoms. The molecule has 1 aliphatic heterocycles. The van der Waals surface area contributed by atoms with E-state index in [0.29, 0.717) is 6.61 Å². The van der Waals surface area contributed by atoms with Crippen molar-refractivity contribution in [2.75, 3.05) is 13.2 Å². The second kappa shape index (κ2) is 9.67. The predicted octanol–water partition coefficient (Wildman–Crippen LogP) is 2.07. The molecule has 0 amide bonds. The van der Waals surface area contributed by atoms with E-state index in [4.69, 9.17) is 9.47 Å². The third kappa shape index (κ3) is 4.64. The molecule has 31 heavy (non-hydrogen) atoms. The number of aliphatic hydroxyl groups is 4. The second-order valence-electron chi connectivity index (χ2n) is 8.53. The van der Waals surface area contributed by atoms with E-state index in [1.165, 1.54) is 22.3 Å². The highest BCUT2D eigenvalue weighted by atomic mass is 16.5. The van der Waals surface area contributed by atoms with Gasteiger partial charge in [0.05, 0.1) is 13.2 Å². The van der Waals surface area contributed by atoms with Crippen LogP contribution in [0.3, 0.4) is 0 Å². The summed E-state index contributed by atoms with van der Waals surface area (Å²) in [6.45, 7) is 2.17. The molecule has 0 radical (unpaired) electrons. The lowest BCUT2D eigenvalue weighted by atomic mass is 9.82. The molecule has 5 atom stereocenters. The summed E-state index contributed by atoms with van der Waals surface area (Å²) in [4.78, 5) is 0. The van der Waals surface area contributed by atoms with E-state index in [1.807, 2.05) is 25.1 Å². The molecule has 2 aromatic carbocycles. The van der Waals surface area contributed by atoms with Crippen LogP contribution in [0.4, 0.5) is 0 Å². The Hall–Kier alpha value is -1.96. The number of aliphatic hydroxyl groups excluding tert-OH is 4. The lowest BCUT2D eigenvalue weighted by Crippen LogP contribution is -2.55. The summed E-state index contributed by atoms with van der Waals surface area (Å²) in [7, 11) is 0. The first-order chi connectivity index (χ1) is 15.0. The Balaban J connectivity index is 1.67. The largest absolute Gasteiger partial charge is 0.494 e. The van der Waals surface area contributed by atoms with Crippen LogP contribution < -0.4 is 4.74 Å². The number of fused-ring (bicyclic) bond motifs is 1. The van der Waals surface area contributed by atoms with Gasteiger partial charge in [-0.05, 0) is 79.0 Å². The van der Waals surface area contributed by atoms with E-state index in [9.17, 15) is 20.4 Å². The fraction of sp³-hybridized carbons (Fsp3) is 0.520. The number of rotatable bonds is 6. The number of hydrogen-bond donors (Lipinski definition) is 4. The lowest BCUT2D eigenvalue weighted by Gasteiger charge is -2.40. The number of hydrogen-bond acceptors (Lipinski definition) is 6. The average molecular weight is 429 g/mol. The van der Waals surface area contributed by atoms with Crippen molar-refractivity contribution in [2.24, 2.45) is 0 Å². The summed E-state index contributed by atoms with van der Waals surface area (Å²) in [5, 5.41) is 40.5. The highest BCUT2D eigenvalue weighted by molar-refractivity contribution is 5.45. The van der Waals surface area contributed by atoms with Crippen molar-refractivity contribution in [3.05, 3.63) is 64.2 Å². The van der Waals surface area contributed by atoms with Crippen molar-refractivity contribution in [3.63, 3.8) is 0 Å². The molecule has 1 unspecified atom stereocenters. The van der Waals surface area contributed by atoms with Gasteiger partial charge in [0.25, 0.3) is 0 Å². The molecule has 2 aromatic rings. The predicted molar refractivity (Wildman–Crippen MR) is 116 cm³/mol. The van der Waals surface area contributed by atoms with E-state index < -0.39 is 37.1 Å². The third-order valence-corrected chi connectivity index (χ3v) is 6.43. The topological polar surface area (TPSA) is 99.4 Å². The molecular formula is C25H32O6. The van der Waals surface area contributed by atoms with Crippen molar-refractivity contribution in [1.82, 2.24) is 0 Å². The van der Waals surface area contributed by atoms with Gasteiger partial charge in [0.2, 0.25) is 0 Å². The summed E-state index contributed by atoms with van der Waals surface area (Å²) in [6, 6.07) is 12.2. The maximum atomic E-state index is 10.6. The van der Waals surface area contributed by atoms with Gasteiger partial charge in [-0.25, -0.2) is 0 Å². The normalized spacial score (nSPS) is 28.2. The highest BCUT2D eigenvalue weighted by Crippen LogP contribution is 2.36. The SMILES string of the molecule is CCOc1ccc(Cc2cc([C@@H]3O[C@H](CO)[C@H](O)[C@H](O)C3O)cc3c2CCCC3)cc1. The van der Waals surface area contributed by atoms with Crippen LogP contribution in [0, 0.1) is 0 Å². The van der Waals surface area contributed by atoms with Crippen LogP contribution >= 0.6 is 0 Å². The van der Waals surface area contributed by atoms with E-state index in [0.717, 1.165) is 43.4 Å². The molecule has 6 heteroatoms. The Morgan fingerprint density at radius 2 is 1.71 bits per heavy atom. The van der Waals surface area contributed by atoms with Gasteiger partial charge in [0.1, 0.15) is 36.3 Å². The molecule has 0 saturated carbocycles. The Morgan fingerprint density at radius 3 is 2.42 bits per heavy atom. The summed E-state index contributed by atoms with van der Waals surface area (Å²) in [6.07, 6.45) is -0.684. The molecule has 6 nitrogen and oxygen atoms in total. The zero-order valence-corrected chi connectivity index (χ0v) is 17.9. The second-order valence-corrected chi connectivity index (χ2v) is 8.53. The molecule has 2 aliphatic rings. The van der Waals surface area contributed by atoms with Crippen LogP contribution in [0.5, 0.6) is 5.75 Å². The van der Waals surface area contributed by atoms with Crippen LogP contribution in [0.1, 0.15) is 53.7 Å². The lowest BCUT2D eigenvalue weighted by molar-refractivity contribution is -0.231. The number of benzene rings is 2. The van der Waals surface area contributed by atoms with Gasteiger partial charge in [-0.3, -0.25) is 0 Å².